The largest absolute Gasteiger partial charge is 0.465 e. The lowest BCUT2D eigenvalue weighted by atomic mass is 10.0. The topological polar surface area (TPSA) is 98.6 Å². The minimum absolute atomic E-state index is 0.127. The van der Waals surface area contributed by atoms with Crippen LogP contribution in [0.4, 0.5) is 10.7 Å². The first-order valence-corrected chi connectivity index (χ1v) is 7.32. The smallest absolute Gasteiger partial charge is 0.343 e. The number of ether oxygens (including phenoxy) is 1. The van der Waals surface area contributed by atoms with Crippen molar-refractivity contribution in [2.45, 2.75) is 19.8 Å². The van der Waals surface area contributed by atoms with Gasteiger partial charge in [-0.2, -0.15) is 0 Å². The van der Waals surface area contributed by atoms with Gasteiger partial charge in [0.25, 0.3) is 5.91 Å². The van der Waals surface area contributed by atoms with Gasteiger partial charge in [-0.05, 0) is 18.8 Å². The molecule has 20 heavy (non-hydrogen) atoms. The van der Waals surface area contributed by atoms with Gasteiger partial charge >= 0.3 is 5.97 Å². The molecule has 110 valence electrons. The minimum atomic E-state index is -0.617. The number of anilines is 2. The first kappa shape index (κ1) is 14.6. The predicted molar refractivity (Wildman–Crippen MR) is 79.2 cm³/mol. The Morgan fingerprint density at radius 3 is 2.70 bits per heavy atom. The molecule has 0 aliphatic carbocycles. The van der Waals surface area contributed by atoms with E-state index in [1.165, 1.54) is 18.4 Å². The SMILES string of the molecule is COC(=O)c1c(N2CCCC(C)C2)sc(C(N)=O)c1N. The molecule has 1 saturated heterocycles. The molecule has 0 saturated carbocycles. The number of hydrogen-bond donors (Lipinski definition) is 2. The number of amides is 1. The number of carbonyl (C=O) groups excluding carboxylic acids is 2. The third-order valence-electron chi connectivity index (χ3n) is 3.48. The van der Waals surface area contributed by atoms with Crippen molar-refractivity contribution >= 4 is 33.9 Å². The molecular weight excluding hydrogens is 278 g/mol. The van der Waals surface area contributed by atoms with Crippen LogP contribution in [0.25, 0.3) is 0 Å². The Kier molecular flexibility index (Phi) is 4.17. The Bertz CT molecular complexity index is 541. The van der Waals surface area contributed by atoms with Gasteiger partial charge in [0.05, 0.1) is 12.8 Å². The van der Waals surface area contributed by atoms with Crippen LogP contribution in [0.3, 0.4) is 0 Å². The number of thiophene rings is 1. The molecule has 6 nitrogen and oxygen atoms in total. The zero-order valence-electron chi connectivity index (χ0n) is 11.6. The van der Waals surface area contributed by atoms with Crippen LogP contribution in [0.5, 0.6) is 0 Å². The Morgan fingerprint density at radius 1 is 1.45 bits per heavy atom. The number of carbonyl (C=O) groups is 2. The fourth-order valence-corrected chi connectivity index (χ4v) is 3.61. The normalized spacial score (nSPS) is 18.9. The van der Waals surface area contributed by atoms with Gasteiger partial charge < -0.3 is 21.1 Å². The number of nitrogens with zero attached hydrogens (tertiary/aromatic N) is 1. The molecule has 4 N–H and O–H groups in total. The van der Waals surface area contributed by atoms with Gasteiger partial charge in [0, 0.05) is 13.1 Å². The highest BCUT2D eigenvalue weighted by Gasteiger charge is 2.29. The van der Waals surface area contributed by atoms with E-state index in [1.54, 1.807) is 0 Å². The zero-order chi connectivity index (χ0) is 14.9. The Balaban J connectivity index is 2.47. The van der Waals surface area contributed by atoms with Crippen LogP contribution in [0.15, 0.2) is 0 Å². The van der Waals surface area contributed by atoms with Crippen molar-refractivity contribution in [2.75, 3.05) is 30.8 Å². The number of primary amides is 1. The van der Waals surface area contributed by atoms with Gasteiger partial charge in [-0.25, -0.2) is 4.79 Å². The van der Waals surface area contributed by atoms with Crippen molar-refractivity contribution in [1.82, 2.24) is 0 Å². The van der Waals surface area contributed by atoms with E-state index in [4.69, 9.17) is 16.2 Å². The Hall–Kier alpha value is -1.76. The van der Waals surface area contributed by atoms with Gasteiger partial charge in [-0.15, -0.1) is 11.3 Å². The van der Waals surface area contributed by atoms with Crippen LogP contribution < -0.4 is 16.4 Å². The molecule has 1 amide bonds. The van der Waals surface area contributed by atoms with Crippen molar-refractivity contribution in [3.05, 3.63) is 10.4 Å². The molecule has 0 spiro atoms. The standard InChI is InChI=1S/C13H19N3O3S/c1-7-4-3-5-16(6-7)12-8(13(18)19-2)9(14)10(20-12)11(15)17/h7H,3-6,14H2,1-2H3,(H2,15,17). The van der Waals surface area contributed by atoms with Gasteiger partial charge in [-0.3, -0.25) is 4.79 Å². The molecule has 1 fully saturated rings. The van der Waals surface area contributed by atoms with E-state index in [0.717, 1.165) is 25.9 Å². The molecule has 1 aromatic rings. The van der Waals surface area contributed by atoms with E-state index >= 15 is 0 Å². The average molecular weight is 297 g/mol. The van der Waals surface area contributed by atoms with E-state index in [1.807, 2.05) is 0 Å². The molecule has 2 rings (SSSR count). The molecular formula is C13H19N3O3S. The molecule has 1 aliphatic rings. The third kappa shape index (κ3) is 2.58. The summed E-state index contributed by atoms with van der Waals surface area (Å²) in [5.74, 6) is -0.608. The average Bonchev–Trinajstić information content (AvgIpc) is 2.75. The fourth-order valence-electron chi connectivity index (χ4n) is 2.51. The number of methoxy groups -OCH3 is 1. The van der Waals surface area contributed by atoms with Gasteiger partial charge in [0.1, 0.15) is 15.4 Å². The highest BCUT2D eigenvalue weighted by Crippen LogP contribution is 2.40. The van der Waals surface area contributed by atoms with Crippen molar-refractivity contribution in [3.63, 3.8) is 0 Å². The summed E-state index contributed by atoms with van der Waals surface area (Å²) in [5, 5.41) is 0.690. The second-order valence-corrected chi connectivity index (χ2v) is 6.07. The summed E-state index contributed by atoms with van der Waals surface area (Å²) in [6.45, 7) is 3.84. The first-order valence-electron chi connectivity index (χ1n) is 6.51. The second-order valence-electron chi connectivity index (χ2n) is 5.07. The van der Waals surface area contributed by atoms with Crippen molar-refractivity contribution in [1.29, 1.82) is 0 Å². The first-order chi connectivity index (χ1) is 9.45. The summed E-state index contributed by atoms with van der Waals surface area (Å²) in [6.07, 6.45) is 2.21. The quantitative estimate of drug-likeness (QED) is 0.823. The third-order valence-corrected chi connectivity index (χ3v) is 4.76. The van der Waals surface area contributed by atoms with E-state index in [2.05, 4.69) is 11.8 Å². The number of nitrogen functional groups attached to an aromatic ring is 1. The lowest BCUT2D eigenvalue weighted by molar-refractivity contribution is 0.0603. The van der Waals surface area contributed by atoms with Crippen LogP contribution in [0.1, 0.15) is 39.8 Å². The molecule has 1 aromatic heterocycles. The lowest BCUT2D eigenvalue weighted by Gasteiger charge is -2.32. The van der Waals surface area contributed by atoms with E-state index < -0.39 is 11.9 Å². The number of hydrogen-bond acceptors (Lipinski definition) is 6. The van der Waals surface area contributed by atoms with E-state index in [-0.39, 0.29) is 16.1 Å². The summed E-state index contributed by atoms with van der Waals surface area (Å²) in [7, 11) is 1.30. The zero-order valence-corrected chi connectivity index (χ0v) is 12.5. The molecule has 1 aliphatic heterocycles. The fraction of sp³-hybridized carbons (Fsp3) is 0.538. The van der Waals surface area contributed by atoms with Crippen LogP contribution in [-0.4, -0.2) is 32.1 Å². The lowest BCUT2D eigenvalue weighted by Crippen LogP contribution is -2.34. The molecule has 1 unspecified atom stereocenters. The molecule has 2 heterocycles. The monoisotopic (exact) mass is 297 g/mol. The van der Waals surface area contributed by atoms with Crippen molar-refractivity contribution in [2.24, 2.45) is 11.7 Å². The summed E-state index contributed by atoms with van der Waals surface area (Å²) < 4.78 is 4.78. The predicted octanol–water partition coefficient (Wildman–Crippen LogP) is 1.45. The van der Waals surface area contributed by atoms with E-state index in [9.17, 15) is 9.59 Å². The molecule has 1 atom stereocenters. The number of esters is 1. The van der Waals surface area contributed by atoms with Gasteiger partial charge in [0.2, 0.25) is 0 Å². The Morgan fingerprint density at radius 2 is 2.15 bits per heavy atom. The molecule has 7 heteroatoms. The second kappa shape index (κ2) is 5.70. The molecule has 0 bridgehead atoms. The van der Waals surface area contributed by atoms with Crippen LogP contribution >= 0.6 is 11.3 Å². The maximum atomic E-state index is 11.9. The van der Waals surface area contributed by atoms with Crippen molar-refractivity contribution < 1.29 is 14.3 Å². The summed E-state index contributed by atoms with van der Waals surface area (Å²) in [6, 6.07) is 0. The number of nitrogens with two attached hydrogens (primary N) is 2. The summed E-state index contributed by atoms with van der Waals surface area (Å²) in [5.41, 5.74) is 11.6. The number of rotatable bonds is 3. The number of piperidine rings is 1. The maximum absolute atomic E-state index is 11.9. The van der Waals surface area contributed by atoms with Crippen LogP contribution in [0, 0.1) is 5.92 Å². The highest BCUT2D eigenvalue weighted by molar-refractivity contribution is 7.19. The van der Waals surface area contributed by atoms with Crippen molar-refractivity contribution in [3.8, 4) is 0 Å². The minimum Gasteiger partial charge on any atom is -0.465 e. The molecule has 0 aromatic carbocycles. The van der Waals surface area contributed by atoms with E-state index in [0.29, 0.717) is 10.9 Å². The van der Waals surface area contributed by atoms with Crippen LogP contribution in [-0.2, 0) is 4.74 Å². The van der Waals surface area contributed by atoms with Crippen LogP contribution in [0.2, 0.25) is 0 Å². The summed E-state index contributed by atoms with van der Waals surface area (Å²) in [4.78, 5) is 25.7. The maximum Gasteiger partial charge on any atom is 0.343 e. The highest BCUT2D eigenvalue weighted by atomic mass is 32.1. The Labute approximate surface area is 121 Å². The summed E-state index contributed by atoms with van der Waals surface area (Å²) >= 11 is 1.17. The van der Waals surface area contributed by atoms with Gasteiger partial charge in [0.15, 0.2) is 0 Å². The molecule has 0 radical (unpaired) electrons. The van der Waals surface area contributed by atoms with Gasteiger partial charge in [-0.1, -0.05) is 6.92 Å².